The van der Waals surface area contributed by atoms with Gasteiger partial charge >= 0.3 is 0 Å². The number of piperidine rings is 1. The Morgan fingerprint density at radius 1 is 1.43 bits per heavy atom. The van der Waals surface area contributed by atoms with Crippen molar-refractivity contribution in [2.24, 2.45) is 5.73 Å². The Kier molecular flexibility index (Phi) is 5.96. The molecule has 0 spiro atoms. The number of benzene rings is 1. The second-order valence-corrected chi connectivity index (χ2v) is 5.95. The quantitative estimate of drug-likeness (QED) is 0.480. The normalized spacial score (nSPS) is 16.2. The fourth-order valence-electron chi connectivity index (χ4n) is 2.46. The number of nitro groups is 1. The van der Waals surface area contributed by atoms with Crippen LogP contribution in [0.4, 0.5) is 11.4 Å². The van der Waals surface area contributed by atoms with Gasteiger partial charge < -0.3 is 15.4 Å². The van der Waals surface area contributed by atoms with Crippen molar-refractivity contribution < 1.29 is 9.66 Å². The lowest BCUT2D eigenvalue weighted by Gasteiger charge is -2.34. The number of rotatable bonds is 6. The number of ether oxygens (including phenoxy) is 1. The van der Waals surface area contributed by atoms with E-state index in [4.69, 9.17) is 10.5 Å². The second-order valence-electron chi connectivity index (χ2n) is 5.09. The molecule has 2 rings (SSSR count). The fourth-order valence-corrected chi connectivity index (χ4v) is 3.08. The number of hydrogen-bond donors (Lipinski definition) is 1. The average Bonchev–Trinajstić information content (AvgIpc) is 2.48. The van der Waals surface area contributed by atoms with Crippen molar-refractivity contribution in [3.8, 4) is 0 Å². The summed E-state index contributed by atoms with van der Waals surface area (Å²) in [6.45, 7) is 3.17. The van der Waals surface area contributed by atoms with Gasteiger partial charge in [-0.1, -0.05) is 0 Å². The van der Waals surface area contributed by atoms with Crippen LogP contribution in [0.3, 0.4) is 0 Å². The van der Waals surface area contributed by atoms with Gasteiger partial charge in [-0.15, -0.1) is 0 Å². The third-order valence-electron chi connectivity index (χ3n) is 3.63. The van der Waals surface area contributed by atoms with E-state index in [1.165, 1.54) is 0 Å². The molecule has 0 amide bonds. The van der Waals surface area contributed by atoms with Gasteiger partial charge in [-0.05, 0) is 47.8 Å². The monoisotopic (exact) mass is 357 g/mol. The van der Waals surface area contributed by atoms with E-state index in [2.05, 4.69) is 20.8 Å². The van der Waals surface area contributed by atoms with Gasteiger partial charge in [0, 0.05) is 36.3 Å². The molecule has 0 radical (unpaired) electrons. The van der Waals surface area contributed by atoms with Crippen molar-refractivity contribution in [2.75, 3.05) is 31.1 Å². The standard InChI is InChI=1S/C14H20BrN3O3/c15-13-10-11(18(19)20)2-3-14(13)17-7-4-12(5-8-17)21-9-1-6-16/h2-3,10,12H,1,4-9,16H2. The summed E-state index contributed by atoms with van der Waals surface area (Å²) in [5, 5.41) is 10.8. The van der Waals surface area contributed by atoms with E-state index < -0.39 is 0 Å². The first-order valence-electron chi connectivity index (χ1n) is 7.12. The van der Waals surface area contributed by atoms with E-state index in [0.29, 0.717) is 12.6 Å². The van der Waals surface area contributed by atoms with Gasteiger partial charge in [-0.25, -0.2) is 0 Å². The highest BCUT2D eigenvalue weighted by molar-refractivity contribution is 9.10. The van der Waals surface area contributed by atoms with E-state index in [1.54, 1.807) is 18.2 Å². The van der Waals surface area contributed by atoms with Crippen molar-refractivity contribution >= 4 is 27.3 Å². The van der Waals surface area contributed by atoms with Gasteiger partial charge in [-0.3, -0.25) is 10.1 Å². The van der Waals surface area contributed by atoms with Crippen molar-refractivity contribution in [1.29, 1.82) is 0 Å². The maximum Gasteiger partial charge on any atom is 0.270 e. The minimum Gasteiger partial charge on any atom is -0.378 e. The third-order valence-corrected chi connectivity index (χ3v) is 4.26. The Bertz CT molecular complexity index is 490. The van der Waals surface area contributed by atoms with Gasteiger partial charge in [0.25, 0.3) is 5.69 Å². The molecule has 0 atom stereocenters. The molecule has 0 aromatic heterocycles. The highest BCUT2D eigenvalue weighted by Gasteiger charge is 2.22. The molecule has 0 saturated carbocycles. The molecule has 7 heteroatoms. The lowest BCUT2D eigenvalue weighted by atomic mass is 10.1. The summed E-state index contributed by atoms with van der Waals surface area (Å²) in [7, 11) is 0. The third kappa shape index (κ3) is 4.39. The van der Waals surface area contributed by atoms with Crippen molar-refractivity contribution in [3.63, 3.8) is 0 Å². The smallest absolute Gasteiger partial charge is 0.270 e. The molecule has 1 aliphatic rings. The molecule has 1 aliphatic heterocycles. The highest BCUT2D eigenvalue weighted by atomic mass is 79.9. The van der Waals surface area contributed by atoms with Crippen LogP contribution >= 0.6 is 15.9 Å². The first-order chi connectivity index (χ1) is 10.1. The molecule has 1 aromatic carbocycles. The summed E-state index contributed by atoms with van der Waals surface area (Å²) in [6.07, 6.45) is 3.13. The van der Waals surface area contributed by atoms with Gasteiger partial charge in [0.2, 0.25) is 0 Å². The van der Waals surface area contributed by atoms with Gasteiger partial charge in [-0.2, -0.15) is 0 Å². The maximum absolute atomic E-state index is 10.8. The molecule has 0 aliphatic carbocycles. The highest BCUT2D eigenvalue weighted by Crippen LogP contribution is 2.32. The lowest BCUT2D eigenvalue weighted by Crippen LogP contribution is -2.37. The summed E-state index contributed by atoms with van der Waals surface area (Å²) in [5.41, 5.74) is 6.55. The van der Waals surface area contributed by atoms with Crippen LogP contribution < -0.4 is 10.6 Å². The number of halogens is 1. The largest absolute Gasteiger partial charge is 0.378 e. The first-order valence-corrected chi connectivity index (χ1v) is 7.91. The number of anilines is 1. The minimum atomic E-state index is -0.383. The first kappa shape index (κ1) is 16.2. The number of non-ortho nitro benzene ring substituents is 1. The second kappa shape index (κ2) is 7.72. The van der Waals surface area contributed by atoms with Crippen LogP contribution in [-0.4, -0.2) is 37.3 Å². The molecular formula is C14H20BrN3O3. The predicted molar refractivity (Wildman–Crippen MR) is 85.7 cm³/mol. The molecule has 116 valence electrons. The number of nitro benzene ring substituents is 1. The SMILES string of the molecule is NCCCOC1CCN(c2ccc([N+](=O)[O-])cc2Br)CC1. The summed E-state index contributed by atoms with van der Waals surface area (Å²) < 4.78 is 6.54. The molecule has 21 heavy (non-hydrogen) atoms. The molecule has 1 fully saturated rings. The predicted octanol–water partition coefficient (Wildman–Crippen LogP) is 2.69. The minimum absolute atomic E-state index is 0.102. The molecule has 0 bridgehead atoms. The van der Waals surface area contributed by atoms with Crippen molar-refractivity contribution in [2.45, 2.75) is 25.4 Å². The summed E-state index contributed by atoms with van der Waals surface area (Å²) >= 11 is 3.43. The molecule has 6 nitrogen and oxygen atoms in total. The number of nitrogens with zero attached hydrogens (tertiary/aromatic N) is 2. The zero-order valence-electron chi connectivity index (χ0n) is 11.8. The van der Waals surface area contributed by atoms with Crippen LogP contribution in [0, 0.1) is 10.1 Å². The Labute approximate surface area is 132 Å². The number of hydrogen-bond acceptors (Lipinski definition) is 5. The molecular weight excluding hydrogens is 338 g/mol. The lowest BCUT2D eigenvalue weighted by molar-refractivity contribution is -0.384. The Morgan fingerprint density at radius 3 is 2.71 bits per heavy atom. The number of nitrogens with two attached hydrogens (primary N) is 1. The average molecular weight is 358 g/mol. The van der Waals surface area contributed by atoms with E-state index in [0.717, 1.165) is 49.1 Å². The maximum atomic E-state index is 10.8. The van der Waals surface area contributed by atoms with Gasteiger partial charge in [0.15, 0.2) is 0 Å². The molecule has 1 saturated heterocycles. The zero-order chi connectivity index (χ0) is 15.2. The fraction of sp³-hybridized carbons (Fsp3) is 0.571. The van der Waals surface area contributed by atoms with Crippen molar-refractivity contribution in [3.05, 3.63) is 32.8 Å². The van der Waals surface area contributed by atoms with E-state index in [-0.39, 0.29) is 10.6 Å². The summed E-state index contributed by atoms with van der Waals surface area (Å²) in [5.74, 6) is 0. The Morgan fingerprint density at radius 2 is 2.14 bits per heavy atom. The van der Waals surface area contributed by atoms with Crippen LogP contribution in [0.2, 0.25) is 0 Å². The summed E-state index contributed by atoms with van der Waals surface area (Å²) in [6, 6.07) is 4.90. The van der Waals surface area contributed by atoms with Crippen LogP contribution in [0.1, 0.15) is 19.3 Å². The topological polar surface area (TPSA) is 81.6 Å². The van der Waals surface area contributed by atoms with E-state index >= 15 is 0 Å². The van der Waals surface area contributed by atoms with Crippen LogP contribution in [0.25, 0.3) is 0 Å². The van der Waals surface area contributed by atoms with Crippen LogP contribution in [0.15, 0.2) is 22.7 Å². The van der Waals surface area contributed by atoms with Gasteiger partial charge in [0.05, 0.1) is 16.7 Å². The Balaban J connectivity index is 1.91. The molecule has 2 N–H and O–H groups in total. The molecule has 1 heterocycles. The van der Waals surface area contributed by atoms with E-state index in [1.807, 2.05) is 0 Å². The summed E-state index contributed by atoms with van der Waals surface area (Å²) in [4.78, 5) is 12.6. The Hall–Kier alpha value is -1.18. The van der Waals surface area contributed by atoms with Crippen LogP contribution in [0.5, 0.6) is 0 Å². The molecule has 0 unspecified atom stereocenters. The van der Waals surface area contributed by atoms with E-state index in [9.17, 15) is 10.1 Å². The molecule has 1 aromatic rings. The van der Waals surface area contributed by atoms with Gasteiger partial charge in [0.1, 0.15) is 0 Å². The van der Waals surface area contributed by atoms with Crippen molar-refractivity contribution in [1.82, 2.24) is 0 Å². The van der Waals surface area contributed by atoms with Crippen LogP contribution in [-0.2, 0) is 4.74 Å². The zero-order valence-corrected chi connectivity index (χ0v) is 13.4.